The van der Waals surface area contributed by atoms with Crippen LogP contribution in [-0.2, 0) is 5.41 Å². The number of hydrogen-bond acceptors (Lipinski definition) is 0. The molecule has 3 aliphatic carbocycles. The molecule has 0 spiro atoms. The fourth-order valence-electron chi connectivity index (χ4n) is 5.30. The molecular weight excluding hydrogens is 372 g/mol. The molecule has 0 heteroatoms. The fraction of sp³-hybridized carbons (Fsp3) is 0.258. The summed E-state index contributed by atoms with van der Waals surface area (Å²) in [6, 6.07) is 9.07. The molecule has 0 saturated carbocycles. The predicted octanol–water partition coefficient (Wildman–Crippen LogP) is 8.19. The Bertz CT molecular complexity index is 1150. The molecule has 0 aromatic heterocycles. The molecule has 3 aliphatic rings. The smallest absolute Gasteiger partial charge is 0.0554 e. The maximum atomic E-state index is 4.75. The Labute approximate surface area is 187 Å². The molecule has 2 atom stereocenters. The highest BCUT2D eigenvalue weighted by Gasteiger charge is 2.56. The molecule has 0 nitrogen and oxygen atoms in total. The van der Waals surface area contributed by atoms with Crippen LogP contribution in [0.4, 0.5) is 0 Å². The number of rotatable bonds is 3. The first-order valence-electron chi connectivity index (χ1n) is 11.2. The summed E-state index contributed by atoms with van der Waals surface area (Å²) in [6.45, 7) is 13.5. The first-order chi connectivity index (χ1) is 14.9. The lowest BCUT2D eigenvalue weighted by molar-refractivity contribution is 0.289. The van der Waals surface area contributed by atoms with Crippen molar-refractivity contribution in [1.29, 1.82) is 0 Å². The van der Waals surface area contributed by atoms with Gasteiger partial charge in [-0.2, -0.15) is 0 Å². The van der Waals surface area contributed by atoms with Gasteiger partial charge in [-0.25, -0.2) is 0 Å². The van der Waals surface area contributed by atoms with Crippen molar-refractivity contribution in [2.75, 3.05) is 0 Å². The molecule has 0 bridgehead atoms. The van der Waals surface area contributed by atoms with Gasteiger partial charge in [-0.1, -0.05) is 104 Å². The van der Waals surface area contributed by atoms with Crippen LogP contribution < -0.4 is 0 Å². The lowest BCUT2D eigenvalue weighted by atomic mass is 9.53. The van der Waals surface area contributed by atoms with E-state index in [1.165, 1.54) is 27.8 Å². The van der Waals surface area contributed by atoms with Gasteiger partial charge in [0, 0.05) is 11.0 Å². The Kier molecular flexibility index (Phi) is 5.61. The van der Waals surface area contributed by atoms with Gasteiger partial charge in [0.1, 0.15) is 0 Å². The molecule has 4 rings (SSSR count). The van der Waals surface area contributed by atoms with Crippen molar-refractivity contribution in [3.63, 3.8) is 0 Å². The minimum atomic E-state index is -0.346. The van der Waals surface area contributed by atoms with Crippen LogP contribution in [0.2, 0.25) is 0 Å². The molecule has 0 aliphatic heterocycles. The molecule has 1 aromatic carbocycles. The maximum absolute atomic E-state index is 4.75. The number of hydrogen-bond donors (Lipinski definition) is 0. The molecule has 0 saturated heterocycles. The van der Waals surface area contributed by atoms with Crippen LogP contribution in [0.15, 0.2) is 125 Å². The summed E-state index contributed by atoms with van der Waals surface area (Å²) in [5.74, 6) is 0. The first kappa shape index (κ1) is 21.2. The van der Waals surface area contributed by atoms with Gasteiger partial charge in [0.25, 0.3) is 0 Å². The zero-order chi connectivity index (χ0) is 22.1. The summed E-state index contributed by atoms with van der Waals surface area (Å²) in [7, 11) is 0. The third-order valence-electron chi connectivity index (χ3n) is 6.98. The molecule has 0 heterocycles. The summed E-state index contributed by atoms with van der Waals surface area (Å²) < 4.78 is 0. The average molecular weight is 405 g/mol. The lowest BCUT2D eigenvalue weighted by Gasteiger charge is -2.48. The van der Waals surface area contributed by atoms with E-state index in [0.717, 1.165) is 24.0 Å². The van der Waals surface area contributed by atoms with Gasteiger partial charge in [-0.3, -0.25) is 0 Å². The minimum Gasteiger partial charge on any atom is -0.112 e. The molecular formula is C31H32. The van der Waals surface area contributed by atoms with Crippen LogP contribution in [0.3, 0.4) is 0 Å². The van der Waals surface area contributed by atoms with E-state index < -0.39 is 0 Å². The van der Waals surface area contributed by atoms with E-state index in [-0.39, 0.29) is 10.8 Å². The zero-order valence-electron chi connectivity index (χ0n) is 19.2. The second-order valence-electron chi connectivity index (χ2n) is 9.08. The summed E-state index contributed by atoms with van der Waals surface area (Å²) >= 11 is 0. The SMILES string of the molecule is C=C1C(=C=C/C=C\C)C2=C(C=CCC=C2)C1(c1ccc(C)cc1)C1(C)C=CC(C)=CC1. The molecule has 31 heavy (non-hydrogen) atoms. The fourth-order valence-corrected chi connectivity index (χ4v) is 5.30. The Morgan fingerprint density at radius 3 is 2.45 bits per heavy atom. The maximum Gasteiger partial charge on any atom is 0.0554 e. The molecule has 0 N–H and O–H groups in total. The Hall–Kier alpha value is -3.08. The van der Waals surface area contributed by atoms with Crippen LogP contribution >= 0.6 is 0 Å². The molecule has 0 amide bonds. The Morgan fingerprint density at radius 1 is 1.03 bits per heavy atom. The third kappa shape index (κ3) is 3.32. The van der Waals surface area contributed by atoms with E-state index in [1.54, 1.807) is 0 Å². The van der Waals surface area contributed by atoms with Gasteiger partial charge in [0.05, 0.1) is 5.41 Å². The van der Waals surface area contributed by atoms with Gasteiger partial charge in [-0.15, -0.1) is 5.73 Å². The highest BCUT2D eigenvalue weighted by molar-refractivity contribution is 5.75. The summed E-state index contributed by atoms with van der Waals surface area (Å²) in [5, 5.41) is 0. The van der Waals surface area contributed by atoms with E-state index in [4.69, 9.17) is 6.58 Å². The number of aryl methyl sites for hydroxylation is 1. The van der Waals surface area contributed by atoms with Crippen molar-refractivity contribution in [3.05, 3.63) is 136 Å². The molecule has 156 valence electrons. The van der Waals surface area contributed by atoms with E-state index >= 15 is 0 Å². The van der Waals surface area contributed by atoms with Gasteiger partial charge in [0.2, 0.25) is 0 Å². The summed E-state index contributed by atoms with van der Waals surface area (Å²) in [5.41, 5.74) is 11.9. The van der Waals surface area contributed by atoms with E-state index in [0.29, 0.717) is 0 Å². The number of benzene rings is 1. The molecule has 1 aromatic rings. The van der Waals surface area contributed by atoms with Gasteiger partial charge >= 0.3 is 0 Å². The molecule has 0 radical (unpaired) electrons. The van der Waals surface area contributed by atoms with E-state index in [2.05, 4.69) is 93.3 Å². The Balaban J connectivity index is 2.09. The lowest BCUT2D eigenvalue weighted by Crippen LogP contribution is -2.44. The van der Waals surface area contributed by atoms with Crippen LogP contribution in [-0.4, -0.2) is 0 Å². The van der Waals surface area contributed by atoms with Crippen LogP contribution in [0, 0.1) is 12.3 Å². The largest absolute Gasteiger partial charge is 0.112 e. The highest BCUT2D eigenvalue weighted by atomic mass is 14.6. The molecule has 2 unspecified atom stereocenters. The van der Waals surface area contributed by atoms with Crippen LogP contribution in [0.5, 0.6) is 0 Å². The first-order valence-corrected chi connectivity index (χ1v) is 11.2. The second-order valence-corrected chi connectivity index (χ2v) is 9.08. The van der Waals surface area contributed by atoms with Crippen molar-refractivity contribution in [3.8, 4) is 0 Å². The summed E-state index contributed by atoms with van der Waals surface area (Å²) in [4.78, 5) is 0. The zero-order valence-corrected chi connectivity index (χ0v) is 19.2. The van der Waals surface area contributed by atoms with Crippen molar-refractivity contribution in [2.45, 2.75) is 46.0 Å². The van der Waals surface area contributed by atoms with Crippen LogP contribution in [0.1, 0.15) is 44.7 Å². The third-order valence-corrected chi connectivity index (χ3v) is 6.98. The van der Waals surface area contributed by atoms with Crippen LogP contribution in [0.25, 0.3) is 0 Å². The van der Waals surface area contributed by atoms with E-state index in [9.17, 15) is 0 Å². The van der Waals surface area contributed by atoms with Crippen molar-refractivity contribution in [1.82, 2.24) is 0 Å². The van der Waals surface area contributed by atoms with E-state index in [1.807, 2.05) is 25.2 Å². The average Bonchev–Trinajstić information content (AvgIpc) is 2.90. The number of allylic oxidation sites excluding steroid dienone is 14. The normalized spacial score (nSPS) is 27.4. The minimum absolute atomic E-state index is 0.133. The topological polar surface area (TPSA) is 0 Å². The van der Waals surface area contributed by atoms with Crippen molar-refractivity contribution < 1.29 is 0 Å². The van der Waals surface area contributed by atoms with Crippen molar-refractivity contribution in [2.24, 2.45) is 5.41 Å². The quantitative estimate of drug-likeness (QED) is 0.352. The van der Waals surface area contributed by atoms with Gasteiger partial charge in [0.15, 0.2) is 0 Å². The monoisotopic (exact) mass is 404 g/mol. The Morgan fingerprint density at radius 2 is 1.77 bits per heavy atom. The summed E-state index contributed by atoms with van der Waals surface area (Å²) in [6.07, 6.45) is 24.2. The standard InChI is InChI=1S/C31H32/c1-6-7-9-12-27-25(4)31(26-17-15-23(2)16-18-26,29-14-11-8-10-13-28(27)29)30(5)21-19-24(3)20-22-30/h6-7,9-11,13-21H,4,8,22H2,1-3,5H3/b7-6-. The molecule has 0 fully saturated rings. The predicted molar refractivity (Wildman–Crippen MR) is 134 cm³/mol. The van der Waals surface area contributed by atoms with Crippen molar-refractivity contribution >= 4 is 0 Å². The van der Waals surface area contributed by atoms with Gasteiger partial charge in [-0.05, 0) is 62.0 Å². The highest BCUT2D eigenvalue weighted by Crippen LogP contribution is 2.63. The second kappa shape index (κ2) is 8.22. The van der Waals surface area contributed by atoms with Gasteiger partial charge < -0.3 is 0 Å².